The van der Waals surface area contributed by atoms with Crippen molar-refractivity contribution in [2.45, 2.75) is 38.3 Å². The molecule has 1 amide bonds. The standard InChI is InChI=1S/C26H27N5OS/c1-4-19(3)20-10-12-21(13-11-20)28-24(32)17-33-26-30-29-25(23-7-5-6-16-27-23)31(26)22-14-8-18(2)9-15-22/h5-16,19H,4,17H2,1-3H3,(H,28,32)/t19-/m0/s1. The topological polar surface area (TPSA) is 72.7 Å². The number of aryl methyl sites for hydroxylation is 1. The number of benzene rings is 2. The molecule has 0 saturated heterocycles. The number of thioether (sulfide) groups is 1. The van der Waals surface area contributed by atoms with Crippen LogP contribution in [0.3, 0.4) is 0 Å². The van der Waals surface area contributed by atoms with Gasteiger partial charge in [-0.05, 0) is 61.2 Å². The molecule has 1 N–H and O–H groups in total. The number of nitrogens with one attached hydrogen (secondary N) is 1. The van der Waals surface area contributed by atoms with Gasteiger partial charge in [-0.3, -0.25) is 14.3 Å². The van der Waals surface area contributed by atoms with Gasteiger partial charge in [-0.2, -0.15) is 0 Å². The zero-order valence-electron chi connectivity index (χ0n) is 19.0. The summed E-state index contributed by atoms with van der Waals surface area (Å²) in [5.41, 5.74) is 4.89. The molecule has 0 aliphatic carbocycles. The zero-order chi connectivity index (χ0) is 23.2. The predicted molar refractivity (Wildman–Crippen MR) is 134 cm³/mol. The second-order valence-corrected chi connectivity index (χ2v) is 8.90. The van der Waals surface area contributed by atoms with Crippen LogP contribution in [-0.2, 0) is 4.79 Å². The van der Waals surface area contributed by atoms with Gasteiger partial charge in [0.05, 0.1) is 5.75 Å². The Labute approximate surface area is 198 Å². The third-order valence-corrected chi connectivity index (χ3v) is 6.46. The number of carbonyl (C=O) groups excluding carboxylic acids is 1. The summed E-state index contributed by atoms with van der Waals surface area (Å²) in [6.07, 6.45) is 2.82. The lowest BCUT2D eigenvalue weighted by Gasteiger charge is -2.11. The van der Waals surface area contributed by atoms with E-state index in [1.807, 2.05) is 66.1 Å². The summed E-state index contributed by atoms with van der Waals surface area (Å²) < 4.78 is 1.95. The Balaban J connectivity index is 1.51. The molecule has 0 spiro atoms. The Morgan fingerprint density at radius 3 is 2.45 bits per heavy atom. The lowest BCUT2D eigenvalue weighted by molar-refractivity contribution is -0.113. The molecule has 6 nitrogen and oxygen atoms in total. The molecule has 2 heterocycles. The van der Waals surface area contributed by atoms with E-state index >= 15 is 0 Å². The number of aromatic nitrogens is 4. The fraction of sp³-hybridized carbons (Fsp3) is 0.231. The monoisotopic (exact) mass is 457 g/mol. The van der Waals surface area contributed by atoms with E-state index in [-0.39, 0.29) is 11.7 Å². The number of pyridine rings is 1. The largest absolute Gasteiger partial charge is 0.325 e. The summed E-state index contributed by atoms with van der Waals surface area (Å²) in [5.74, 6) is 1.28. The van der Waals surface area contributed by atoms with Crippen LogP contribution in [-0.4, -0.2) is 31.4 Å². The summed E-state index contributed by atoms with van der Waals surface area (Å²) in [4.78, 5) is 17.1. The van der Waals surface area contributed by atoms with E-state index in [1.165, 1.54) is 22.9 Å². The molecular formula is C26H27N5OS. The second-order valence-electron chi connectivity index (χ2n) is 7.96. The van der Waals surface area contributed by atoms with Crippen LogP contribution in [0.2, 0.25) is 0 Å². The van der Waals surface area contributed by atoms with E-state index in [4.69, 9.17) is 0 Å². The van der Waals surface area contributed by atoms with Gasteiger partial charge in [-0.25, -0.2) is 0 Å². The summed E-state index contributed by atoms with van der Waals surface area (Å²) in [5, 5.41) is 12.4. The molecule has 168 valence electrons. The van der Waals surface area contributed by atoms with Gasteiger partial charge in [-0.1, -0.05) is 61.5 Å². The van der Waals surface area contributed by atoms with Gasteiger partial charge >= 0.3 is 0 Å². The van der Waals surface area contributed by atoms with Crippen LogP contribution in [0, 0.1) is 6.92 Å². The van der Waals surface area contributed by atoms with Crippen LogP contribution in [0.15, 0.2) is 78.1 Å². The van der Waals surface area contributed by atoms with Crippen LogP contribution < -0.4 is 5.32 Å². The first-order chi connectivity index (χ1) is 16.0. The number of hydrogen-bond donors (Lipinski definition) is 1. The quantitative estimate of drug-likeness (QED) is 0.334. The molecule has 0 fully saturated rings. The predicted octanol–water partition coefficient (Wildman–Crippen LogP) is 5.88. The first-order valence-electron chi connectivity index (χ1n) is 11.0. The Morgan fingerprint density at radius 1 is 1.03 bits per heavy atom. The average molecular weight is 458 g/mol. The highest BCUT2D eigenvalue weighted by Crippen LogP contribution is 2.27. The summed E-state index contributed by atoms with van der Waals surface area (Å²) >= 11 is 1.35. The highest BCUT2D eigenvalue weighted by atomic mass is 32.2. The molecule has 4 aromatic rings. The Kier molecular flexibility index (Phi) is 7.19. The van der Waals surface area contributed by atoms with E-state index in [0.29, 0.717) is 16.9 Å². The molecule has 4 rings (SSSR count). The normalized spacial score (nSPS) is 11.8. The number of anilines is 1. The van der Waals surface area contributed by atoms with Gasteiger partial charge < -0.3 is 5.32 Å². The molecule has 33 heavy (non-hydrogen) atoms. The van der Waals surface area contributed by atoms with Gasteiger partial charge in [-0.15, -0.1) is 10.2 Å². The van der Waals surface area contributed by atoms with Gasteiger partial charge in [0.15, 0.2) is 11.0 Å². The maximum atomic E-state index is 12.6. The van der Waals surface area contributed by atoms with Gasteiger partial charge in [0.25, 0.3) is 0 Å². The second kappa shape index (κ2) is 10.4. The molecule has 0 aliphatic rings. The van der Waals surface area contributed by atoms with Crippen LogP contribution in [0.5, 0.6) is 0 Å². The van der Waals surface area contributed by atoms with E-state index < -0.39 is 0 Å². The summed E-state index contributed by atoms with van der Waals surface area (Å²) in [7, 11) is 0. The van der Waals surface area contributed by atoms with Crippen LogP contribution in [0.1, 0.15) is 37.3 Å². The first kappa shape index (κ1) is 22.7. The third-order valence-electron chi connectivity index (χ3n) is 5.53. The molecule has 0 aliphatic heterocycles. The Hall–Kier alpha value is -3.45. The van der Waals surface area contributed by atoms with Crippen molar-refractivity contribution >= 4 is 23.4 Å². The number of rotatable bonds is 8. The molecule has 0 radical (unpaired) electrons. The van der Waals surface area contributed by atoms with Crippen molar-refractivity contribution in [2.75, 3.05) is 11.1 Å². The van der Waals surface area contributed by atoms with Crippen molar-refractivity contribution in [2.24, 2.45) is 0 Å². The molecule has 0 bridgehead atoms. The van der Waals surface area contributed by atoms with Crippen molar-refractivity contribution in [1.82, 2.24) is 19.7 Å². The average Bonchev–Trinajstić information content (AvgIpc) is 3.28. The molecule has 0 unspecified atom stereocenters. The molecule has 0 saturated carbocycles. The summed E-state index contributed by atoms with van der Waals surface area (Å²) in [6.45, 7) is 6.42. The number of nitrogens with zero attached hydrogens (tertiary/aromatic N) is 4. The minimum absolute atomic E-state index is 0.0888. The number of carbonyl (C=O) groups is 1. The maximum Gasteiger partial charge on any atom is 0.234 e. The summed E-state index contributed by atoms with van der Waals surface area (Å²) in [6, 6.07) is 21.9. The molecule has 1 atom stereocenters. The van der Waals surface area contributed by atoms with Gasteiger partial charge in [0, 0.05) is 17.6 Å². The highest BCUT2D eigenvalue weighted by molar-refractivity contribution is 7.99. The van der Waals surface area contributed by atoms with E-state index in [2.05, 4.69) is 46.5 Å². The highest BCUT2D eigenvalue weighted by Gasteiger charge is 2.18. The molecular weight excluding hydrogens is 430 g/mol. The zero-order valence-corrected chi connectivity index (χ0v) is 19.8. The molecule has 7 heteroatoms. The van der Waals surface area contributed by atoms with Gasteiger partial charge in [0.2, 0.25) is 5.91 Å². The van der Waals surface area contributed by atoms with Crippen molar-refractivity contribution in [1.29, 1.82) is 0 Å². The number of amides is 1. The Bertz CT molecular complexity index is 1200. The Morgan fingerprint density at radius 2 is 1.79 bits per heavy atom. The van der Waals surface area contributed by atoms with Crippen LogP contribution in [0.4, 0.5) is 5.69 Å². The van der Waals surface area contributed by atoms with Crippen LogP contribution in [0.25, 0.3) is 17.2 Å². The molecule has 2 aromatic heterocycles. The van der Waals surface area contributed by atoms with Crippen molar-refractivity contribution in [3.05, 3.63) is 84.1 Å². The van der Waals surface area contributed by atoms with E-state index in [1.54, 1.807) is 6.20 Å². The van der Waals surface area contributed by atoms with Crippen molar-refractivity contribution < 1.29 is 4.79 Å². The lowest BCUT2D eigenvalue weighted by Crippen LogP contribution is -2.14. The smallest absolute Gasteiger partial charge is 0.234 e. The fourth-order valence-corrected chi connectivity index (χ4v) is 4.16. The van der Waals surface area contributed by atoms with E-state index in [0.717, 1.165) is 23.5 Å². The number of hydrogen-bond acceptors (Lipinski definition) is 5. The SMILES string of the molecule is CC[C@H](C)c1ccc(NC(=O)CSc2nnc(-c3ccccn3)n2-c2ccc(C)cc2)cc1. The third kappa shape index (κ3) is 5.49. The first-order valence-corrected chi connectivity index (χ1v) is 12.0. The van der Waals surface area contributed by atoms with Gasteiger partial charge in [0.1, 0.15) is 5.69 Å². The fourth-order valence-electron chi connectivity index (χ4n) is 3.41. The molecule has 2 aromatic carbocycles. The minimum atomic E-state index is -0.0888. The van der Waals surface area contributed by atoms with Crippen molar-refractivity contribution in [3.8, 4) is 17.2 Å². The van der Waals surface area contributed by atoms with E-state index in [9.17, 15) is 4.79 Å². The lowest BCUT2D eigenvalue weighted by atomic mass is 9.99. The van der Waals surface area contributed by atoms with Crippen LogP contribution >= 0.6 is 11.8 Å². The van der Waals surface area contributed by atoms with Crippen molar-refractivity contribution in [3.63, 3.8) is 0 Å². The minimum Gasteiger partial charge on any atom is -0.325 e. The maximum absolute atomic E-state index is 12.6.